The molecule has 0 aliphatic rings. The lowest BCUT2D eigenvalue weighted by atomic mass is 10.2. The Labute approximate surface area is 107 Å². The Kier molecular flexibility index (Phi) is 3.46. The largest absolute Gasteiger partial charge is 0.497 e. The fourth-order valence-electron chi connectivity index (χ4n) is 1.78. The molecule has 0 aliphatic carbocycles. The molecule has 2 rings (SSSR count). The maximum Gasteiger partial charge on any atom is 0.118 e. The van der Waals surface area contributed by atoms with Gasteiger partial charge in [0, 0.05) is 13.3 Å². The Morgan fingerprint density at radius 1 is 1.22 bits per heavy atom. The van der Waals surface area contributed by atoms with E-state index < -0.39 is 0 Å². The van der Waals surface area contributed by atoms with Gasteiger partial charge in [-0.3, -0.25) is 9.67 Å². The molecule has 0 spiro atoms. The number of hydrogen-bond acceptors (Lipinski definition) is 3. The van der Waals surface area contributed by atoms with E-state index in [1.54, 1.807) is 7.11 Å². The molecule has 18 heavy (non-hydrogen) atoms. The van der Waals surface area contributed by atoms with Crippen molar-refractivity contribution in [1.82, 2.24) is 9.78 Å². The molecule has 0 fully saturated rings. The monoisotopic (exact) mass is 243 g/mol. The Morgan fingerprint density at radius 2 is 1.89 bits per heavy atom. The molecule has 0 saturated carbocycles. The van der Waals surface area contributed by atoms with Gasteiger partial charge in [0.15, 0.2) is 0 Å². The van der Waals surface area contributed by atoms with Gasteiger partial charge in [-0.15, -0.1) is 0 Å². The highest BCUT2D eigenvalue weighted by Crippen LogP contribution is 2.22. The topological polar surface area (TPSA) is 39.4 Å². The van der Waals surface area contributed by atoms with Gasteiger partial charge in [-0.1, -0.05) is 0 Å². The maximum absolute atomic E-state index is 5.12. The zero-order valence-corrected chi connectivity index (χ0v) is 11.1. The first-order chi connectivity index (χ1) is 8.61. The van der Waals surface area contributed by atoms with Crippen molar-refractivity contribution in [3.8, 4) is 5.75 Å². The SMILES string of the molecule is COc1ccc(C=Nc2c(C)nn(C)c2C)cc1. The molecule has 1 heterocycles. The van der Waals surface area contributed by atoms with Crippen LogP contribution in [-0.2, 0) is 7.05 Å². The first-order valence-corrected chi connectivity index (χ1v) is 5.80. The molecular weight excluding hydrogens is 226 g/mol. The molecule has 1 aromatic heterocycles. The van der Waals surface area contributed by atoms with Gasteiger partial charge in [0.25, 0.3) is 0 Å². The lowest BCUT2D eigenvalue weighted by Gasteiger charge is -1.99. The van der Waals surface area contributed by atoms with E-state index in [0.717, 1.165) is 28.4 Å². The lowest BCUT2D eigenvalue weighted by molar-refractivity contribution is 0.415. The van der Waals surface area contributed by atoms with Crippen LogP contribution in [0.4, 0.5) is 5.69 Å². The number of aromatic nitrogens is 2. The minimum atomic E-state index is 0.848. The van der Waals surface area contributed by atoms with Crippen LogP contribution < -0.4 is 4.74 Å². The zero-order chi connectivity index (χ0) is 13.1. The molecule has 0 bridgehead atoms. The van der Waals surface area contributed by atoms with E-state index in [1.807, 2.05) is 56.1 Å². The minimum Gasteiger partial charge on any atom is -0.497 e. The van der Waals surface area contributed by atoms with E-state index in [-0.39, 0.29) is 0 Å². The summed E-state index contributed by atoms with van der Waals surface area (Å²) in [5.74, 6) is 0.848. The molecule has 94 valence electrons. The summed E-state index contributed by atoms with van der Waals surface area (Å²) in [5.41, 5.74) is 3.99. The van der Waals surface area contributed by atoms with Gasteiger partial charge in [-0.25, -0.2) is 0 Å². The molecule has 0 aliphatic heterocycles. The van der Waals surface area contributed by atoms with Crippen LogP contribution in [0.2, 0.25) is 0 Å². The summed E-state index contributed by atoms with van der Waals surface area (Å²) in [7, 11) is 3.58. The van der Waals surface area contributed by atoms with Gasteiger partial charge in [-0.2, -0.15) is 5.10 Å². The van der Waals surface area contributed by atoms with Crippen molar-refractivity contribution >= 4 is 11.9 Å². The Bertz CT molecular complexity index is 567. The fraction of sp³-hybridized carbons (Fsp3) is 0.286. The summed E-state index contributed by atoms with van der Waals surface area (Å²) in [6, 6.07) is 7.79. The molecule has 0 unspecified atom stereocenters. The zero-order valence-electron chi connectivity index (χ0n) is 11.1. The first-order valence-electron chi connectivity index (χ1n) is 5.80. The van der Waals surface area contributed by atoms with Crippen LogP contribution >= 0.6 is 0 Å². The van der Waals surface area contributed by atoms with Crippen LogP contribution in [0.25, 0.3) is 0 Å². The number of hydrogen-bond donors (Lipinski definition) is 0. The van der Waals surface area contributed by atoms with Crippen LogP contribution in [0.5, 0.6) is 5.75 Å². The van der Waals surface area contributed by atoms with Crippen molar-refractivity contribution in [1.29, 1.82) is 0 Å². The molecule has 0 atom stereocenters. The third-order valence-corrected chi connectivity index (χ3v) is 2.93. The van der Waals surface area contributed by atoms with E-state index in [2.05, 4.69) is 10.1 Å². The highest BCUT2D eigenvalue weighted by Gasteiger charge is 2.06. The highest BCUT2D eigenvalue weighted by molar-refractivity contribution is 5.82. The number of aryl methyl sites for hydroxylation is 2. The smallest absolute Gasteiger partial charge is 0.118 e. The standard InChI is InChI=1S/C14H17N3O/c1-10-14(11(2)17(3)16-10)15-9-12-5-7-13(18-4)8-6-12/h5-9H,1-4H3. The highest BCUT2D eigenvalue weighted by atomic mass is 16.5. The van der Waals surface area contributed by atoms with Crippen molar-refractivity contribution in [2.24, 2.45) is 12.0 Å². The second-order valence-corrected chi connectivity index (χ2v) is 4.17. The quantitative estimate of drug-likeness (QED) is 0.778. The number of methoxy groups -OCH3 is 1. The van der Waals surface area contributed by atoms with Gasteiger partial charge in [0.2, 0.25) is 0 Å². The molecule has 0 radical (unpaired) electrons. The molecule has 0 amide bonds. The predicted octanol–water partition coefficient (Wildman–Crippen LogP) is 2.80. The molecule has 0 N–H and O–H groups in total. The van der Waals surface area contributed by atoms with Gasteiger partial charge in [0.1, 0.15) is 11.4 Å². The summed E-state index contributed by atoms with van der Waals surface area (Å²) in [6.45, 7) is 3.98. The van der Waals surface area contributed by atoms with Gasteiger partial charge in [0.05, 0.1) is 18.5 Å². The molecule has 2 aromatic rings. The maximum atomic E-state index is 5.12. The summed E-state index contributed by atoms with van der Waals surface area (Å²) in [6.07, 6.45) is 1.84. The third kappa shape index (κ3) is 2.42. The van der Waals surface area contributed by atoms with E-state index in [9.17, 15) is 0 Å². The summed E-state index contributed by atoms with van der Waals surface area (Å²) < 4.78 is 6.96. The van der Waals surface area contributed by atoms with Crippen molar-refractivity contribution in [3.63, 3.8) is 0 Å². The second kappa shape index (κ2) is 5.04. The van der Waals surface area contributed by atoms with Crippen LogP contribution in [0.15, 0.2) is 29.3 Å². The molecule has 4 nitrogen and oxygen atoms in total. The number of benzene rings is 1. The molecule has 0 saturated heterocycles. The van der Waals surface area contributed by atoms with E-state index >= 15 is 0 Å². The molecular formula is C14H17N3O. The third-order valence-electron chi connectivity index (χ3n) is 2.93. The summed E-state index contributed by atoms with van der Waals surface area (Å²) >= 11 is 0. The van der Waals surface area contributed by atoms with Gasteiger partial charge in [-0.05, 0) is 43.7 Å². The Balaban J connectivity index is 2.24. The van der Waals surface area contributed by atoms with Crippen LogP contribution in [0.1, 0.15) is 17.0 Å². The van der Waals surface area contributed by atoms with Crippen molar-refractivity contribution in [3.05, 3.63) is 41.2 Å². The van der Waals surface area contributed by atoms with Crippen molar-refractivity contribution in [2.75, 3.05) is 7.11 Å². The average Bonchev–Trinajstić information content (AvgIpc) is 2.62. The summed E-state index contributed by atoms with van der Waals surface area (Å²) in [4.78, 5) is 4.50. The average molecular weight is 243 g/mol. The van der Waals surface area contributed by atoms with Gasteiger partial charge < -0.3 is 4.74 Å². The van der Waals surface area contributed by atoms with Gasteiger partial charge >= 0.3 is 0 Å². The van der Waals surface area contributed by atoms with E-state index in [0.29, 0.717) is 0 Å². The van der Waals surface area contributed by atoms with E-state index in [1.165, 1.54) is 0 Å². The minimum absolute atomic E-state index is 0.848. The molecule has 1 aromatic carbocycles. The number of rotatable bonds is 3. The Hall–Kier alpha value is -2.10. The Morgan fingerprint density at radius 3 is 2.39 bits per heavy atom. The van der Waals surface area contributed by atoms with Crippen LogP contribution in [-0.4, -0.2) is 23.1 Å². The van der Waals surface area contributed by atoms with Crippen LogP contribution in [0, 0.1) is 13.8 Å². The lowest BCUT2D eigenvalue weighted by Crippen LogP contribution is -1.91. The second-order valence-electron chi connectivity index (χ2n) is 4.17. The summed E-state index contributed by atoms with van der Waals surface area (Å²) in [5, 5.41) is 4.33. The van der Waals surface area contributed by atoms with Crippen molar-refractivity contribution in [2.45, 2.75) is 13.8 Å². The molecule has 4 heteroatoms. The predicted molar refractivity (Wildman–Crippen MR) is 72.9 cm³/mol. The van der Waals surface area contributed by atoms with Crippen LogP contribution in [0.3, 0.4) is 0 Å². The first kappa shape index (κ1) is 12.4. The van der Waals surface area contributed by atoms with Crippen molar-refractivity contribution < 1.29 is 4.74 Å². The van der Waals surface area contributed by atoms with E-state index in [4.69, 9.17) is 4.74 Å². The normalized spacial score (nSPS) is 11.1. The number of aliphatic imine (C=N–C) groups is 1. The number of nitrogens with zero attached hydrogens (tertiary/aromatic N) is 3. The fourth-order valence-corrected chi connectivity index (χ4v) is 1.78. The number of ether oxygens (including phenoxy) is 1.